The SMILES string of the molecule is CC(C)(C)c1nnc(NC[C@H](c2ccco2)N2CCCC2)o1. The second-order valence-electron chi connectivity index (χ2n) is 6.82. The zero-order chi connectivity index (χ0) is 15.6. The number of nitrogens with zero attached hydrogens (tertiary/aromatic N) is 3. The molecule has 2 aromatic heterocycles. The molecule has 1 aliphatic heterocycles. The fraction of sp³-hybridized carbons (Fsp3) is 0.625. The predicted molar refractivity (Wildman–Crippen MR) is 83.7 cm³/mol. The van der Waals surface area contributed by atoms with E-state index in [4.69, 9.17) is 8.83 Å². The van der Waals surface area contributed by atoms with Crippen LogP contribution in [0.25, 0.3) is 0 Å². The molecule has 0 radical (unpaired) electrons. The molecule has 0 amide bonds. The minimum absolute atomic E-state index is 0.137. The highest BCUT2D eigenvalue weighted by Gasteiger charge is 2.26. The molecule has 0 bridgehead atoms. The van der Waals surface area contributed by atoms with Gasteiger partial charge in [-0.05, 0) is 38.1 Å². The van der Waals surface area contributed by atoms with Gasteiger partial charge in [0.05, 0.1) is 12.3 Å². The number of furan rings is 1. The van der Waals surface area contributed by atoms with Crippen molar-refractivity contribution in [2.45, 2.75) is 45.1 Å². The Morgan fingerprint density at radius 2 is 2.05 bits per heavy atom. The number of likely N-dealkylation sites (tertiary alicyclic amines) is 1. The number of hydrogen-bond acceptors (Lipinski definition) is 6. The number of rotatable bonds is 5. The van der Waals surface area contributed by atoms with Gasteiger partial charge in [0.15, 0.2) is 0 Å². The Morgan fingerprint density at radius 3 is 2.64 bits per heavy atom. The predicted octanol–water partition coefficient (Wildman–Crippen LogP) is 3.21. The molecule has 1 fully saturated rings. The van der Waals surface area contributed by atoms with Crippen LogP contribution in [0, 0.1) is 0 Å². The highest BCUT2D eigenvalue weighted by Crippen LogP contribution is 2.27. The zero-order valence-corrected chi connectivity index (χ0v) is 13.5. The Morgan fingerprint density at radius 1 is 1.27 bits per heavy atom. The van der Waals surface area contributed by atoms with Crippen LogP contribution >= 0.6 is 0 Å². The lowest BCUT2D eigenvalue weighted by Crippen LogP contribution is -2.30. The summed E-state index contributed by atoms with van der Waals surface area (Å²) in [6.45, 7) is 9.06. The van der Waals surface area contributed by atoms with E-state index in [0.29, 0.717) is 18.5 Å². The third-order valence-corrected chi connectivity index (χ3v) is 3.97. The number of nitrogens with one attached hydrogen (secondary N) is 1. The van der Waals surface area contributed by atoms with Gasteiger partial charge in [0, 0.05) is 12.0 Å². The second kappa shape index (κ2) is 6.12. The van der Waals surface area contributed by atoms with Crippen LogP contribution in [0.2, 0.25) is 0 Å². The molecule has 1 N–H and O–H groups in total. The van der Waals surface area contributed by atoms with Gasteiger partial charge in [-0.1, -0.05) is 25.9 Å². The van der Waals surface area contributed by atoms with Crippen molar-refractivity contribution in [3.8, 4) is 0 Å². The van der Waals surface area contributed by atoms with Crippen molar-refractivity contribution >= 4 is 6.01 Å². The van der Waals surface area contributed by atoms with Crippen LogP contribution in [0.4, 0.5) is 6.01 Å². The molecule has 120 valence electrons. The average Bonchev–Trinajstić information content (AvgIpc) is 3.22. The highest BCUT2D eigenvalue weighted by atomic mass is 16.4. The molecule has 22 heavy (non-hydrogen) atoms. The van der Waals surface area contributed by atoms with Crippen molar-refractivity contribution in [3.63, 3.8) is 0 Å². The summed E-state index contributed by atoms with van der Waals surface area (Å²) in [6, 6.07) is 4.63. The molecule has 3 rings (SSSR count). The molecule has 1 atom stereocenters. The fourth-order valence-electron chi connectivity index (χ4n) is 2.73. The fourth-order valence-corrected chi connectivity index (χ4v) is 2.73. The van der Waals surface area contributed by atoms with Crippen LogP contribution in [0.1, 0.15) is 51.3 Å². The second-order valence-corrected chi connectivity index (χ2v) is 6.82. The van der Waals surface area contributed by atoms with Gasteiger partial charge in [-0.3, -0.25) is 4.90 Å². The van der Waals surface area contributed by atoms with Crippen molar-refractivity contribution in [1.82, 2.24) is 15.1 Å². The first-order valence-corrected chi connectivity index (χ1v) is 7.89. The Hall–Kier alpha value is -1.82. The standard InChI is InChI=1S/C16H24N4O2/c1-16(2,3)14-18-19-15(22-14)17-11-12(13-7-6-10-21-13)20-8-4-5-9-20/h6-7,10,12H,4-5,8-9,11H2,1-3H3,(H,17,19)/t12-/m1/s1. The lowest BCUT2D eigenvalue weighted by atomic mass is 9.97. The molecule has 0 spiro atoms. The Kier molecular flexibility index (Phi) is 4.20. The molecule has 3 heterocycles. The van der Waals surface area contributed by atoms with Crippen molar-refractivity contribution in [2.75, 3.05) is 25.0 Å². The van der Waals surface area contributed by atoms with Gasteiger partial charge in [0.25, 0.3) is 0 Å². The molecular weight excluding hydrogens is 280 g/mol. The first-order chi connectivity index (χ1) is 10.5. The molecule has 0 saturated carbocycles. The van der Waals surface area contributed by atoms with Gasteiger partial charge in [-0.2, -0.15) is 0 Å². The molecular formula is C16H24N4O2. The van der Waals surface area contributed by atoms with E-state index in [1.165, 1.54) is 12.8 Å². The van der Waals surface area contributed by atoms with E-state index in [1.54, 1.807) is 6.26 Å². The molecule has 6 heteroatoms. The molecule has 0 aromatic carbocycles. The van der Waals surface area contributed by atoms with Gasteiger partial charge < -0.3 is 14.2 Å². The van der Waals surface area contributed by atoms with E-state index in [0.717, 1.165) is 18.8 Å². The van der Waals surface area contributed by atoms with Crippen molar-refractivity contribution in [1.29, 1.82) is 0 Å². The summed E-state index contributed by atoms with van der Waals surface area (Å²) in [5.74, 6) is 1.62. The smallest absolute Gasteiger partial charge is 0.315 e. The number of anilines is 1. The van der Waals surface area contributed by atoms with E-state index in [9.17, 15) is 0 Å². The van der Waals surface area contributed by atoms with E-state index in [1.807, 2.05) is 12.1 Å². The lowest BCUT2D eigenvalue weighted by Gasteiger charge is -2.25. The first kappa shape index (κ1) is 15.1. The van der Waals surface area contributed by atoms with Gasteiger partial charge in [0.1, 0.15) is 5.76 Å². The Labute approximate surface area is 130 Å². The topological polar surface area (TPSA) is 67.3 Å². The highest BCUT2D eigenvalue weighted by molar-refractivity contribution is 5.20. The molecule has 1 saturated heterocycles. The van der Waals surface area contributed by atoms with Crippen LogP contribution in [-0.4, -0.2) is 34.7 Å². The Balaban J connectivity index is 1.67. The third-order valence-electron chi connectivity index (χ3n) is 3.97. The quantitative estimate of drug-likeness (QED) is 0.915. The summed E-state index contributed by atoms with van der Waals surface area (Å²) in [4.78, 5) is 2.44. The maximum Gasteiger partial charge on any atom is 0.315 e. The van der Waals surface area contributed by atoms with Crippen molar-refractivity contribution in [2.24, 2.45) is 0 Å². The van der Waals surface area contributed by atoms with Crippen LogP contribution in [-0.2, 0) is 5.41 Å². The zero-order valence-electron chi connectivity index (χ0n) is 13.5. The summed E-state index contributed by atoms with van der Waals surface area (Å²) in [7, 11) is 0. The first-order valence-electron chi connectivity index (χ1n) is 7.89. The van der Waals surface area contributed by atoms with E-state index in [-0.39, 0.29) is 11.5 Å². The lowest BCUT2D eigenvalue weighted by molar-refractivity contribution is 0.224. The van der Waals surface area contributed by atoms with E-state index >= 15 is 0 Å². The average molecular weight is 304 g/mol. The third kappa shape index (κ3) is 3.32. The minimum atomic E-state index is -0.137. The van der Waals surface area contributed by atoms with Gasteiger partial charge in [-0.15, -0.1) is 5.10 Å². The summed E-state index contributed by atoms with van der Waals surface area (Å²) in [5, 5.41) is 11.5. The van der Waals surface area contributed by atoms with Crippen LogP contribution < -0.4 is 5.32 Å². The maximum atomic E-state index is 5.70. The molecule has 1 aliphatic rings. The largest absolute Gasteiger partial charge is 0.468 e. The normalized spacial score (nSPS) is 17.8. The van der Waals surface area contributed by atoms with Gasteiger partial charge >= 0.3 is 6.01 Å². The number of hydrogen-bond donors (Lipinski definition) is 1. The minimum Gasteiger partial charge on any atom is -0.468 e. The summed E-state index contributed by atoms with van der Waals surface area (Å²) < 4.78 is 11.3. The van der Waals surface area contributed by atoms with Crippen LogP contribution in [0.15, 0.2) is 27.2 Å². The van der Waals surface area contributed by atoms with Crippen molar-refractivity contribution in [3.05, 3.63) is 30.0 Å². The maximum absolute atomic E-state index is 5.70. The van der Waals surface area contributed by atoms with Crippen LogP contribution in [0.3, 0.4) is 0 Å². The molecule has 0 unspecified atom stereocenters. The van der Waals surface area contributed by atoms with Crippen molar-refractivity contribution < 1.29 is 8.83 Å². The molecule has 6 nitrogen and oxygen atoms in total. The van der Waals surface area contributed by atoms with Gasteiger partial charge in [0.2, 0.25) is 5.89 Å². The van der Waals surface area contributed by atoms with E-state index in [2.05, 4.69) is 41.2 Å². The van der Waals surface area contributed by atoms with Gasteiger partial charge in [-0.25, -0.2) is 0 Å². The van der Waals surface area contributed by atoms with Crippen LogP contribution in [0.5, 0.6) is 0 Å². The molecule has 0 aliphatic carbocycles. The Bertz CT molecular complexity index is 580. The molecule has 2 aromatic rings. The van der Waals surface area contributed by atoms with E-state index < -0.39 is 0 Å². The summed E-state index contributed by atoms with van der Waals surface area (Å²) in [5.41, 5.74) is -0.137. The summed E-state index contributed by atoms with van der Waals surface area (Å²) in [6.07, 6.45) is 4.21. The monoisotopic (exact) mass is 304 g/mol. The summed E-state index contributed by atoms with van der Waals surface area (Å²) >= 11 is 0. The number of aromatic nitrogens is 2.